The molecular weight excluding hydrogens is 346 g/mol. The van der Waals surface area contributed by atoms with Gasteiger partial charge < -0.3 is 9.80 Å². The second-order valence-electron chi connectivity index (χ2n) is 7.35. The van der Waals surface area contributed by atoms with Gasteiger partial charge in [-0.1, -0.05) is 0 Å². The van der Waals surface area contributed by atoms with E-state index in [2.05, 4.69) is 23.9 Å². The van der Waals surface area contributed by atoms with E-state index >= 15 is 0 Å². The van der Waals surface area contributed by atoms with Gasteiger partial charge in [-0.3, -0.25) is 4.79 Å². The van der Waals surface area contributed by atoms with E-state index < -0.39 is 0 Å². The molecule has 0 radical (unpaired) electrons. The standard InChI is InChI=1S/C19H25N5OS/c1-12-15-7-5-8-23(3)18(15)22-17(21-12)14-6-4-9-24(10-14)19(25)16-13(2)20-11-26-16/h11,14H,4-10H2,1-3H3/t14-/m0/s1. The second-order valence-corrected chi connectivity index (χ2v) is 8.21. The van der Waals surface area contributed by atoms with Crippen molar-refractivity contribution in [3.8, 4) is 0 Å². The van der Waals surface area contributed by atoms with Crippen LogP contribution in [0.25, 0.3) is 0 Å². The molecule has 0 unspecified atom stereocenters. The van der Waals surface area contributed by atoms with E-state index in [1.807, 2.05) is 11.8 Å². The van der Waals surface area contributed by atoms with Crippen LogP contribution in [0.3, 0.4) is 0 Å². The Balaban J connectivity index is 1.59. The third kappa shape index (κ3) is 3.09. The van der Waals surface area contributed by atoms with Crippen molar-refractivity contribution in [2.75, 3.05) is 31.6 Å². The maximum Gasteiger partial charge on any atom is 0.265 e. The van der Waals surface area contributed by atoms with Gasteiger partial charge in [0, 0.05) is 43.9 Å². The molecule has 0 bridgehead atoms. The van der Waals surface area contributed by atoms with Crippen molar-refractivity contribution in [1.29, 1.82) is 0 Å². The molecule has 1 saturated heterocycles. The number of hydrogen-bond donors (Lipinski definition) is 0. The molecular formula is C19H25N5OS. The first-order chi connectivity index (χ1) is 12.5. The summed E-state index contributed by atoms with van der Waals surface area (Å²) in [5.74, 6) is 2.29. The van der Waals surface area contributed by atoms with Crippen LogP contribution in [0.15, 0.2) is 5.51 Å². The Morgan fingerprint density at radius 2 is 2.04 bits per heavy atom. The van der Waals surface area contributed by atoms with Crippen molar-refractivity contribution < 1.29 is 4.79 Å². The van der Waals surface area contributed by atoms with Crippen LogP contribution in [0.5, 0.6) is 0 Å². The van der Waals surface area contributed by atoms with Crippen LogP contribution in [0, 0.1) is 13.8 Å². The summed E-state index contributed by atoms with van der Waals surface area (Å²) in [7, 11) is 2.11. The highest BCUT2D eigenvalue weighted by molar-refractivity contribution is 7.11. The normalized spacial score (nSPS) is 20.2. The molecule has 0 aliphatic carbocycles. The van der Waals surface area contributed by atoms with Gasteiger partial charge in [0.15, 0.2) is 0 Å². The summed E-state index contributed by atoms with van der Waals surface area (Å²) in [6, 6.07) is 0. The number of amides is 1. The van der Waals surface area contributed by atoms with Gasteiger partial charge in [-0.05, 0) is 39.5 Å². The van der Waals surface area contributed by atoms with E-state index in [0.717, 1.165) is 66.7 Å². The van der Waals surface area contributed by atoms with Gasteiger partial charge in [0.1, 0.15) is 16.5 Å². The van der Waals surface area contributed by atoms with Crippen LogP contribution in [-0.4, -0.2) is 52.4 Å². The Morgan fingerprint density at radius 3 is 2.81 bits per heavy atom. The van der Waals surface area contributed by atoms with E-state index in [0.29, 0.717) is 6.54 Å². The van der Waals surface area contributed by atoms with Crippen LogP contribution in [0.1, 0.15) is 57.6 Å². The quantitative estimate of drug-likeness (QED) is 0.812. The number of likely N-dealkylation sites (tertiary alicyclic amines) is 1. The molecule has 1 amide bonds. The van der Waals surface area contributed by atoms with Gasteiger partial charge in [-0.25, -0.2) is 15.0 Å². The van der Waals surface area contributed by atoms with E-state index in [-0.39, 0.29) is 11.8 Å². The Bertz CT molecular complexity index is 833. The van der Waals surface area contributed by atoms with Crippen molar-refractivity contribution in [1.82, 2.24) is 19.9 Å². The van der Waals surface area contributed by atoms with Gasteiger partial charge in [0.2, 0.25) is 0 Å². The lowest BCUT2D eigenvalue weighted by atomic mass is 9.96. The highest BCUT2D eigenvalue weighted by Crippen LogP contribution is 2.31. The minimum Gasteiger partial charge on any atom is -0.359 e. The first-order valence-corrected chi connectivity index (χ1v) is 10.2. The van der Waals surface area contributed by atoms with Crippen molar-refractivity contribution >= 4 is 23.1 Å². The predicted octanol–water partition coefficient (Wildman–Crippen LogP) is 2.95. The molecule has 1 fully saturated rings. The fourth-order valence-electron chi connectivity index (χ4n) is 4.02. The highest BCUT2D eigenvalue weighted by Gasteiger charge is 2.30. The molecule has 26 heavy (non-hydrogen) atoms. The number of thiazole rings is 1. The number of carbonyl (C=O) groups excluding carboxylic acids is 1. The van der Waals surface area contributed by atoms with Crippen molar-refractivity contribution in [3.63, 3.8) is 0 Å². The average molecular weight is 372 g/mol. The van der Waals surface area contributed by atoms with E-state index in [9.17, 15) is 4.79 Å². The smallest absolute Gasteiger partial charge is 0.265 e. The molecule has 2 aromatic heterocycles. The van der Waals surface area contributed by atoms with Crippen molar-refractivity contribution in [3.05, 3.63) is 33.2 Å². The maximum absolute atomic E-state index is 12.9. The number of aromatic nitrogens is 3. The summed E-state index contributed by atoms with van der Waals surface area (Å²) < 4.78 is 0. The topological polar surface area (TPSA) is 62.2 Å². The molecule has 4 rings (SSSR count). The second kappa shape index (κ2) is 6.95. The van der Waals surface area contributed by atoms with Crippen molar-refractivity contribution in [2.24, 2.45) is 0 Å². The zero-order chi connectivity index (χ0) is 18.3. The third-order valence-corrected chi connectivity index (χ3v) is 6.42. The van der Waals surface area contributed by atoms with Crippen molar-refractivity contribution in [2.45, 2.75) is 45.4 Å². The number of nitrogens with zero attached hydrogens (tertiary/aromatic N) is 5. The average Bonchev–Trinajstić information content (AvgIpc) is 3.08. The van der Waals surface area contributed by atoms with E-state index in [1.54, 1.807) is 5.51 Å². The molecule has 2 aromatic rings. The predicted molar refractivity (Wildman–Crippen MR) is 103 cm³/mol. The largest absolute Gasteiger partial charge is 0.359 e. The molecule has 2 aliphatic rings. The Morgan fingerprint density at radius 1 is 1.19 bits per heavy atom. The number of piperidine rings is 1. The summed E-state index contributed by atoms with van der Waals surface area (Å²) in [5, 5.41) is 0. The van der Waals surface area contributed by atoms with Crippen LogP contribution in [-0.2, 0) is 6.42 Å². The monoisotopic (exact) mass is 371 g/mol. The zero-order valence-electron chi connectivity index (χ0n) is 15.7. The lowest BCUT2D eigenvalue weighted by Crippen LogP contribution is -2.39. The highest BCUT2D eigenvalue weighted by atomic mass is 32.1. The molecule has 1 atom stereocenters. The number of anilines is 1. The SMILES string of the molecule is Cc1ncsc1C(=O)N1CCC[C@H](c2nc(C)c3c(n2)N(C)CCC3)C1. The number of fused-ring (bicyclic) bond motifs is 1. The summed E-state index contributed by atoms with van der Waals surface area (Å²) >= 11 is 1.43. The Hall–Kier alpha value is -2.02. The van der Waals surface area contributed by atoms with Gasteiger partial charge in [0.05, 0.1) is 11.2 Å². The van der Waals surface area contributed by atoms with Gasteiger partial charge in [0.25, 0.3) is 5.91 Å². The van der Waals surface area contributed by atoms with E-state index in [1.165, 1.54) is 16.9 Å². The Labute approximate surface area is 158 Å². The molecule has 0 saturated carbocycles. The van der Waals surface area contributed by atoms with Crippen LogP contribution >= 0.6 is 11.3 Å². The molecule has 0 N–H and O–H groups in total. The lowest BCUT2D eigenvalue weighted by Gasteiger charge is -2.33. The van der Waals surface area contributed by atoms with Gasteiger partial charge in [-0.15, -0.1) is 11.3 Å². The zero-order valence-corrected chi connectivity index (χ0v) is 16.5. The number of hydrogen-bond acceptors (Lipinski definition) is 6. The summed E-state index contributed by atoms with van der Waals surface area (Å²) in [5.41, 5.74) is 4.95. The molecule has 4 heterocycles. The molecule has 6 nitrogen and oxygen atoms in total. The summed E-state index contributed by atoms with van der Waals surface area (Å²) in [6.07, 6.45) is 4.25. The van der Waals surface area contributed by atoms with Crippen LogP contribution < -0.4 is 4.90 Å². The fourth-order valence-corrected chi connectivity index (χ4v) is 4.78. The first-order valence-electron chi connectivity index (χ1n) is 9.32. The summed E-state index contributed by atoms with van der Waals surface area (Å²) in [4.78, 5) is 31.8. The minimum atomic E-state index is 0.0986. The molecule has 2 aliphatic heterocycles. The van der Waals surface area contributed by atoms with Gasteiger partial charge in [-0.2, -0.15) is 0 Å². The molecule has 7 heteroatoms. The number of rotatable bonds is 2. The fraction of sp³-hybridized carbons (Fsp3) is 0.579. The minimum absolute atomic E-state index is 0.0986. The molecule has 0 spiro atoms. The number of aryl methyl sites for hydroxylation is 2. The Kier molecular flexibility index (Phi) is 4.65. The van der Waals surface area contributed by atoms with Crippen LogP contribution in [0.2, 0.25) is 0 Å². The summed E-state index contributed by atoms with van der Waals surface area (Å²) in [6.45, 7) is 6.53. The third-order valence-electron chi connectivity index (χ3n) is 5.50. The molecule has 138 valence electrons. The lowest BCUT2D eigenvalue weighted by molar-refractivity contribution is 0.0708. The van der Waals surface area contributed by atoms with Gasteiger partial charge >= 0.3 is 0 Å². The van der Waals surface area contributed by atoms with Crippen LogP contribution in [0.4, 0.5) is 5.82 Å². The van der Waals surface area contributed by atoms with E-state index in [4.69, 9.17) is 9.97 Å². The first kappa shape index (κ1) is 17.4. The number of carbonyl (C=O) groups is 1. The maximum atomic E-state index is 12.9. The molecule has 0 aromatic carbocycles.